The normalized spacial score (nSPS) is 11.2. The summed E-state index contributed by atoms with van der Waals surface area (Å²) in [4.78, 5) is 12.6. The summed E-state index contributed by atoms with van der Waals surface area (Å²) in [7, 11) is -3.64. The Morgan fingerprint density at radius 2 is 1.58 bits per heavy atom. The highest BCUT2D eigenvalue weighted by molar-refractivity contribution is 7.93. The molecule has 0 saturated heterocycles. The van der Waals surface area contributed by atoms with Crippen molar-refractivity contribution in [2.45, 2.75) is 9.10 Å². The van der Waals surface area contributed by atoms with Gasteiger partial charge in [-0.3, -0.25) is 4.79 Å². The Balaban J connectivity index is 1.82. The number of rotatable bonds is 4. The molecule has 1 N–H and O–H groups in total. The summed E-state index contributed by atoms with van der Waals surface area (Å²) in [6.07, 6.45) is 0. The number of amides is 1. The number of halogens is 1. The summed E-state index contributed by atoms with van der Waals surface area (Å²) < 4.78 is 38.0. The fourth-order valence-electron chi connectivity index (χ4n) is 2.03. The van der Waals surface area contributed by atoms with E-state index in [-0.39, 0.29) is 14.0 Å². The van der Waals surface area contributed by atoms with Gasteiger partial charge in [-0.15, -0.1) is 11.3 Å². The summed E-state index contributed by atoms with van der Waals surface area (Å²) in [5, 5.41) is 2.60. The van der Waals surface area contributed by atoms with E-state index >= 15 is 0 Å². The van der Waals surface area contributed by atoms with E-state index < -0.39 is 21.6 Å². The van der Waals surface area contributed by atoms with Gasteiger partial charge in [-0.2, -0.15) is 0 Å². The Hall–Kier alpha value is -2.51. The summed E-state index contributed by atoms with van der Waals surface area (Å²) in [5.41, 5.74) is 0.433. The zero-order valence-corrected chi connectivity index (χ0v) is 13.9. The highest BCUT2D eigenvalue weighted by Gasteiger charge is 2.21. The molecule has 0 aliphatic carbocycles. The van der Waals surface area contributed by atoms with Gasteiger partial charge in [0.15, 0.2) is 0 Å². The highest BCUT2D eigenvalue weighted by atomic mass is 32.2. The van der Waals surface area contributed by atoms with Crippen LogP contribution in [-0.4, -0.2) is 14.3 Å². The fourth-order valence-corrected chi connectivity index (χ4v) is 4.65. The predicted molar refractivity (Wildman–Crippen MR) is 90.6 cm³/mol. The third kappa shape index (κ3) is 3.37. The molecular formula is C17H12FNO3S2. The molecular weight excluding hydrogens is 349 g/mol. The van der Waals surface area contributed by atoms with Crippen LogP contribution in [0, 0.1) is 5.82 Å². The average molecular weight is 361 g/mol. The summed E-state index contributed by atoms with van der Waals surface area (Å²) in [6.45, 7) is 0. The fraction of sp³-hybridized carbons (Fsp3) is 0. The first kappa shape index (κ1) is 16.4. The number of benzene rings is 2. The molecule has 0 fully saturated rings. The van der Waals surface area contributed by atoms with Gasteiger partial charge < -0.3 is 5.32 Å². The van der Waals surface area contributed by atoms with Crippen molar-refractivity contribution in [3.05, 3.63) is 77.4 Å². The van der Waals surface area contributed by atoms with Gasteiger partial charge in [-0.1, -0.05) is 18.2 Å². The number of carbonyl (C=O) groups excluding carboxylic acids is 1. The first-order valence-corrected chi connectivity index (χ1v) is 9.24. The Morgan fingerprint density at radius 3 is 2.25 bits per heavy atom. The summed E-state index contributed by atoms with van der Waals surface area (Å²) in [6, 6.07) is 16.2. The second kappa shape index (κ2) is 6.54. The van der Waals surface area contributed by atoms with Crippen molar-refractivity contribution in [1.29, 1.82) is 0 Å². The van der Waals surface area contributed by atoms with Crippen molar-refractivity contribution < 1.29 is 17.6 Å². The minimum Gasteiger partial charge on any atom is -0.321 e. The number of carbonyl (C=O) groups is 1. The van der Waals surface area contributed by atoms with Gasteiger partial charge in [0.05, 0.1) is 9.77 Å². The molecule has 3 aromatic rings. The van der Waals surface area contributed by atoms with E-state index in [4.69, 9.17) is 0 Å². The molecule has 1 heterocycles. The third-order valence-corrected chi connectivity index (χ3v) is 6.57. The number of thiophene rings is 1. The largest absolute Gasteiger partial charge is 0.321 e. The zero-order valence-electron chi connectivity index (χ0n) is 12.3. The van der Waals surface area contributed by atoms with Crippen molar-refractivity contribution in [1.82, 2.24) is 0 Å². The van der Waals surface area contributed by atoms with Crippen LogP contribution in [0.15, 0.2) is 75.8 Å². The standard InChI is InChI=1S/C17H12FNO3S2/c18-12-6-8-13(9-7-12)19-17(20)15-10-11-16(23-15)24(21,22)14-4-2-1-3-5-14/h1-11H,(H,19,20). The molecule has 24 heavy (non-hydrogen) atoms. The number of hydrogen-bond donors (Lipinski definition) is 1. The van der Waals surface area contributed by atoms with Crippen LogP contribution >= 0.6 is 11.3 Å². The first-order valence-electron chi connectivity index (χ1n) is 6.94. The van der Waals surface area contributed by atoms with E-state index in [1.807, 2.05) is 0 Å². The van der Waals surface area contributed by atoms with Crippen molar-refractivity contribution in [3.63, 3.8) is 0 Å². The zero-order chi connectivity index (χ0) is 17.2. The van der Waals surface area contributed by atoms with Crippen LogP contribution in [0.4, 0.5) is 10.1 Å². The quantitative estimate of drug-likeness (QED) is 0.765. The van der Waals surface area contributed by atoms with E-state index in [9.17, 15) is 17.6 Å². The highest BCUT2D eigenvalue weighted by Crippen LogP contribution is 2.28. The average Bonchev–Trinajstić information content (AvgIpc) is 3.09. The van der Waals surface area contributed by atoms with Gasteiger partial charge in [0, 0.05) is 5.69 Å². The van der Waals surface area contributed by atoms with E-state index in [1.165, 1.54) is 48.5 Å². The smallest absolute Gasteiger partial charge is 0.265 e. The molecule has 0 aliphatic heterocycles. The predicted octanol–water partition coefficient (Wildman–Crippen LogP) is 3.97. The lowest BCUT2D eigenvalue weighted by Gasteiger charge is -2.03. The molecule has 0 radical (unpaired) electrons. The molecule has 0 saturated carbocycles. The molecule has 0 unspecified atom stereocenters. The maximum Gasteiger partial charge on any atom is 0.265 e. The van der Waals surface area contributed by atoms with Gasteiger partial charge >= 0.3 is 0 Å². The van der Waals surface area contributed by atoms with Crippen molar-refractivity contribution in [2.24, 2.45) is 0 Å². The molecule has 0 spiro atoms. The summed E-state index contributed by atoms with van der Waals surface area (Å²) >= 11 is 0.891. The minimum absolute atomic E-state index is 0.0953. The third-order valence-electron chi connectivity index (χ3n) is 3.23. The molecule has 7 heteroatoms. The molecule has 4 nitrogen and oxygen atoms in total. The molecule has 0 bridgehead atoms. The number of nitrogens with one attached hydrogen (secondary N) is 1. The van der Waals surface area contributed by atoms with Gasteiger partial charge in [0.1, 0.15) is 10.0 Å². The maximum atomic E-state index is 12.9. The Labute approximate surface area is 142 Å². The second-order valence-electron chi connectivity index (χ2n) is 4.90. The lowest BCUT2D eigenvalue weighted by atomic mass is 10.3. The van der Waals surface area contributed by atoms with Crippen LogP contribution in [0.3, 0.4) is 0 Å². The molecule has 1 amide bonds. The van der Waals surface area contributed by atoms with Crippen molar-refractivity contribution in [3.8, 4) is 0 Å². The number of hydrogen-bond acceptors (Lipinski definition) is 4. The molecule has 2 aromatic carbocycles. The molecule has 1 aromatic heterocycles. The van der Waals surface area contributed by atoms with Crippen LogP contribution in [-0.2, 0) is 9.84 Å². The molecule has 0 atom stereocenters. The van der Waals surface area contributed by atoms with Gasteiger partial charge in [-0.05, 0) is 48.5 Å². The topological polar surface area (TPSA) is 63.2 Å². The van der Waals surface area contributed by atoms with Gasteiger partial charge in [0.2, 0.25) is 9.84 Å². The Bertz CT molecular complexity index is 965. The van der Waals surface area contributed by atoms with Crippen LogP contribution in [0.25, 0.3) is 0 Å². The van der Waals surface area contributed by atoms with E-state index in [2.05, 4.69) is 5.32 Å². The minimum atomic E-state index is -3.64. The molecule has 3 rings (SSSR count). The Morgan fingerprint density at radius 1 is 0.917 bits per heavy atom. The lowest BCUT2D eigenvalue weighted by molar-refractivity contribution is 0.103. The van der Waals surface area contributed by atoms with Crippen molar-refractivity contribution >= 4 is 32.8 Å². The SMILES string of the molecule is O=C(Nc1ccc(F)cc1)c1ccc(S(=O)(=O)c2ccccc2)s1. The molecule has 0 aliphatic rings. The number of anilines is 1. The first-order chi connectivity index (χ1) is 11.5. The lowest BCUT2D eigenvalue weighted by Crippen LogP contribution is -2.09. The van der Waals surface area contributed by atoms with Crippen LogP contribution < -0.4 is 5.32 Å². The Kier molecular flexibility index (Phi) is 4.46. The van der Waals surface area contributed by atoms with Crippen molar-refractivity contribution in [2.75, 3.05) is 5.32 Å². The van der Waals surface area contributed by atoms with Gasteiger partial charge in [0.25, 0.3) is 5.91 Å². The monoisotopic (exact) mass is 361 g/mol. The second-order valence-corrected chi connectivity index (χ2v) is 8.16. The van der Waals surface area contributed by atoms with Crippen LogP contribution in [0.1, 0.15) is 9.67 Å². The maximum absolute atomic E-state index is 12.9. The van der Waals surface area contributed by atoms with E-state index in [1.54, 1.807) is 18.2 Å². The molecule has 122 valence electrons. The van der Waals surface area contributed by atoms with E-state index in [0.29, 0.717) is 5.69 Å². The van der Waals surface area contributed by atoms with E-state index in [0.717, 1.165) is 11.3 Å². The number of sulfone groups is 1. The van der Waals surface area contributed by atoms with Crippen LogP contribution in [0.2, 0.25) is 0 Å². The van der Waals surface area contributed by atoms with Crippen LogP contribution in [0.5, 0.6) is 0 Å². The summed E-state index contributed by atoms with van der Waals surface area (Å²) in [5.74, 6) is -0.846. The van der Waals surface area contributed by atoms with Gasteiger partial charge in [-0.25, -0.2) is 12.8 Å².